The Morgan fingerprint density at radius 2 is 2.24 bits per heavy atom. The maximum absolute atomic E-state index is 5.02. The number of nitrogens with zero attached hydrogens (tertiary/aromatic N) is 5. The SMILES string of the molecule is COCCNc1ccc(C[C@H]2CCCN(Cc3cnn(C)c3)C2)nn1. The number of piperidine rings is 1. The third kappa shape index (κ3) is 5.51. The molecule has 0 unspecified atom stereocenters. The lowest BCUT2D eigenvalue weighted by atomic mass is 9.93. The molecule has 1 N–H and O–H groups in total. The summed E-state index contributed by atoms with van der Waals surface area (Å²) >= 11 is 0. The van der Waals surface area contributed by atoms with Gasteiger partial charge in [-0.3, -0.25) is 9.58 Å². The molecule has 2 aromatic rings. The molecule has 7 nitrogen and oxygen atoms in total. The average molecular weight is 344 g/mol. The van der Waals surface area contributed by atoms with E-state index in [-0.39, 0.29) is 0 Å². The Balaban J connectivity index is 1.48. The Morgan fingerprint density at radius 3 is 2.96 bits per heavy atom. The standard InChI is InChI=1S/C18H28N6O/c1-23-12-16(11-20-23)14-24-8-3-4-15(13-24)10-17-5-6-18(22-21-17)19-7-9-25-2/h5-6,11-12,15H,3-4,7-10,13-14H2,1-2H3,(H,19,22)/t15-/m1/s1. The number of hydrogen-bond acceptors (Lipinski definition) is 6. The maximum atomic E-state index is 5.02. The fourth-order valence-electron chi connectivity index (χ4n) is 3.41. The molecule has 3 rings (SSSR count). The Labute approximate surface area is 149 Å². The molecular weight excluding hydrogens is 316 g/mol. The minimum Gasteiger partial charge on any atom is -0.383 e. The van der Waals surface area contributed by atoms with Crippen LogP contribution in [-0.4, -0.2) is 58.2 Å². The summed E-state index contributed by atoms with van der Waals surface area (Å²) in [7, 11) is 3.66. The highest BCUT2D eigenvalue weighted by atomic mass is 16.5. The summed E-state index contributed by atoms with van der Waals surface area (Å²) in [6, 6.07) is 4.09. The minimum atomic E-state index is 0.645. The van der Waals surface area contributed by atoms with E-state index in [1.165, 1.54) is 24.9 Å². The summed E-state index contributed by atoms with van der Waals surface area (Å²) in [5.74, 6) is 1.45. The van der Waals surface area contributed by atoms with Crippen LogP contribution >= 0.6 is 0 Å². The van der Waals surface area contributed by atoms with Crippen LogP contribution < -0.4 is 5.32 Å². The van der Waals surface area contributed by atoms with E-state index in [9.17, 15) is 0 Å². The fraction of sp³-hybridized carbons (Fsp3) is 0.611. The molecule has 0 aliphatic carbocycles. The van der Waals surface area contributed by atoms with Gasteiger partial charge < -0.3 is 10.1 Å². The van der Waals surface area contributed by atoms with Crippen molar-refractivity contribution in [2.75, 3.05) is 38.7 Å². The van der Waals surface area contributed by atoms with Crippen molar-refractivity contribution in [2.45, 2.75) is 25.8 Å². The molecule has 1 aliphatic rings. The van der Waals surface area contributed by atoms with Gasteiger partial charge in [-0.25, -0.2) is 0 Å². The molecule has 0 saturated carbocycles. The zero-order valence-electron chi connectivity index (χ0n) is 15.2. The van der Waals surface area contributed by atoms with E-state index in [0.717, 1.165) is 37.6 Å². The smallest absolute Gasteiger partial charge is 0.148 e. The van der Waals surface area contributed by atoms with Crippen LogP contribution in [-0.2, 0) is 24.8 Å². The molecule has 0 aromatic carbocycles. The van der Waals surface area contributed by atoms with E-state index in [2.05, 4.69) is 37.8 Å². The van der Waals surface area contributed by atoms with Gasteiger partial charge in [0.2, 0.25) is 0 Å². The van der Waals surface area contributed by atoms with Crippen LogP contribution in [0.4, 0.5) is 5.82 Å². The quantitative estimate of drug-likeness (QED) is 0.736. The summed E-state index contributed by atoms with van der Waals surface area (Å²) in [5.41, 5.74) is 2.36. The summed E-state index contributed by atoms with van der Waals surface area (Å²) in [6.07, 6.45) is 7.57. The second-order valence-corrected chi connectivity index (χ2v) is 6.80. The van der Waals surface area contributed by atoms with Gasteiger partial charge in [0.05, 0.1) is 18.5 Å². The predicted octanol–water partition coefficient (Wildman–Crippen LogP) is 1.72. The van der Waals surface area contributed by atoms with Crippen LogP contribution in [0.3, 0.4) is 0 Å². The molecule has 1 fully saturated rings. The van der Waals surface area contributed by atoms with Gasteiger partial charge in [0.25, 0.3) is 0 Å². The largest absolute Gasteiger partial charge is 0.383 e. The topological polar surface area (TPSA) is 68.1 Å². The van der Waals surface area contributed by atoms with Crippen molar-refractivity contribution in [1.29, 1.82) is 0 Å². The van der Waals surface area contributed by atoms with E-state index >= 15 is 0 Å². The van der Waals surface area contributed by atoms with Crippen LogP contribution in [0.15, 0.2) is 24.5 Å². The van der Waals surface area contributed by atoms with E-state index in [1.807, 2.05) is 24.0 Å². The predicted molar refractivity (Wildman–Crippen MR) is 97.3 cm³/mol. The van der Waals surface area contributed by atoms with Gasteiger partial charge in [0.1, 0.15) is 5.82 Å². The highest BCUT2D eigenvalue weighted by Gasteiger charge is 2.21. The van der Waals surface area contributed by atoms with Gasteiger partial charge >= 0.3 is 0 Å². The third-order valence-corrected chi connectivity index (χ3v) is 4.60. The van der Waals surface area contributed by atoms with Crippen molar-refractivity contribution in [3.63, 3.8) is 0 Å². The molecule has 7 heteroatoms. The number of rotatable bonds is 8. The van der Waals surface area contributed by atoms with Crippen LogP contribution in [0.2, 0.25) is 0 Å². The first-order valence-corrected chi connectivity index (χ1v) is 8.98. The van der Waals surface area contributed by atoms with Crippen molar-refractivity contribution in [1.82, 2.24) is 24.9 Å². The number of aryl methyl sites for hydroxylation is 1. The van der Waals surface area contributed by atoms with Gasteiger partial charge in [0, 0.05) is 45.6 Å². The highest BCUT2D eigenvalue weighted by molar-refractivity contribution is 5.32. The van der Waals surface area contributed by atoms with Crippen LogP contribution in [0.25, 0.3) is 0 Å². The normalized spacial score (nSPS) is 18.4. The molecule has 136 valence electrons. The Bertz CT molecular complexity index is 641. The van der Waals surface area contributed by atoms with Gasteiger partial charge in [0.15, 0.2) is 0 Å². The lowest BCUT2D eigenvalue weighted by Crippen LogP contribution is -2.35. The number of nitrogens with one attached hydrogen (secondary N) is 1. The van der Waals surface area contributed by atoms with Crippen molar-refractivity contribution in [3.8, 4) is 0 Å². The first kappa shape index (κ1) is 17.8. The van der Waals surface area contributed by atoms with Crippen LogP contribution in [0, 0.1) is 5.92 Å². The fourth-order valence-corrected chi connectivity index (χ4v) is 3.41. The monoisotopic (exact) mass is 344 g/mol. The first-order valence-electron chi connectivity index (χ1n) is 8.98. The number of aromatic nitrogens is 4. The summed E-state index contributed by atoms with van der Waals surface area (Å²) in [6.45, 7) is 4.68. The van der Waals surface area contributed by atoms with Gasteiger partial charge in [-0.15, -0.1) is 5.10 Å². The summed E-state index contributed by atoms with van der Waals surface area (Å²) < 4.78 is 6.89. The number of methoxy groups -OCH3 is 1. The Morgan fingerprint density at radius 1 is 1.32 bits per heavy atom. The molecule has 1 saturated heterocycles. The van der Waals surface area contributed by atoms with Crippen molar-refractivity contribution >= 4 is 5.82 Å². The molecule has 1 atom stereocenters. The van der Waals surface area contributed by atoms with E-state index < -0.39 is 0 Å². The molecule has 2 aromatic heterocycles. The lowest BCUT2D eigenvalue weighted by Gasteiger charge is -2.32. The Kier molecular flexibility index (Phi) is 6.36. The molecule has 0 amide bonds. The van der Waals surface area contributed by atoms with Crippen molar-refractivity contribution in [3.05, 3.63) is 35.8 Å². The zero-order valence-corrected chi connectivity index (χ0v) is 15.2. The maximum Gasteiger partial charge on any atom is 0.148 e. The van der Waals surface area contributed by atoms with Crippen LogP contribution in [0.5, 0.6) is 0 Å². The summed E-state index contributed by atoms with van der Waals surface area (Å²) in [5, 5.41) is 16.1. The third-order valence-electron chi connectivity index (χ3n) is 4.60. The van der Waals surface area contributed by atoms with E-state index in [0.29, 0.717) is 12.5 Å². The Hall–Kier alpha value is -1.99. The second-order valence-electron chi connectivity index (χ2n) is 6.80. The zero-order chi connectivity index (χ0) is 17.5. The number of anilines is 1. The molecule has 3 heterocycles. The summed E-state index contributed by atoms with van der Waals surface area (Å²) in [4.78, 5) is 2.53. The molecule has 0 spiro atoms. The van der Waals surface area contributed by atoms with E-state index in [1.54, 1.807) is 7.11 Å². The molecular formula is C18H28N6O. The average Bonchev–Trinajstić information content (AvgIpc) is 3.02. The second kappa shape index (κ2) is 8.92. The van der Waals surface area contributed by atoms with E-state index in [4.69, 9.17) is 4.74 Å². The highest BCUT2D eigenvalue weighted by Crippen LogP contribution is 2.21. The van der Waals surface area contributed by atoms with Crippen molar-refractivity contribution in [2.24, 2.45) is 13.0 Å². The molecule has 25 heavy (non-hydrogen) atoms. The number of ether oxygens (including phenoxy) is 1. The number of likely N-dealkylation sites (tertiary alicyclic amines) is 1. The lowest BCUT2D eigenvalue weighted by molar-refractivity contribution is 0.166. The minimum absolute atomic E-state index is 0.645. The number of hydrogen-bond donors (Lipinski definition) is 1. The van der Waals surface area contributed by atoms with Crippen LogP contribution in [0.1, 0.15) is 24.1 Å². The molecule has 0 bridgehead atoms. The first-order chi connectivity index (χ1) is 12.2. The molecule has 1 aliphatic heterocycles. The van der Waals surface area contributed by atoms with Gasteiger partial charge in [-0.05, 0) is 43.9 Å². The molecule has 0 radical (unpaired) electrons. The van der Waals surface area contributed by atoms with Gasteiger partial charge in [-0.2, -0.15) is 10.2 Å². The van der Waals surface area contributed by atoms with Gasteiger partial charge in [-0.1, -0.05) is 0 Å². The van der Waals surface area contributed by atoms with Crippen molar-refractivity contribution < 1.29 is 4.74 Å².